The number of nitrogens with two attached hydrogens (primary N) is 1. The zero-order valence-corrected chi connectivity index (χ0v) is 13.4. The van der Waals surface area contributed by atoms with Crippen LogP contribution in [0.2, 0.25) is 10.0 Å². The summed E-state index contributed by atoms with van der Waals surface area (Å²) in [5.74, 6) is 1.19. The van der Waals surface area contributed by atoms with E-state index >= 15 is 0 Å². The average Bonchev–Trinajstić information content (AvgIpc) is 2.38. The summed E-state index contributed by atoms with van der Waals surface area (Å²) in [5.41, 5.74) is 7.15. The first kappa shape index (κ1) is 15.9. The van der Waals surface area contributed by atoms with Crippen molar-refractivity contribution in [1.82, 2.24) is 0 Å². The molecule has 1 atom stereocenters. The quantitative estimate of drug-likeness (QED) is 0.854. The van der Waals surface area contributed by atoms with Gasteiger partial charge in [-0.2, -0.15) is 0 Å². The zero-order valence-electron chi connectivity index (χ0n) is 11.9. The van der Waals surface area contributed by atoms with Crippen LogP contribution in [-0.4, -0.2) is 19.8 Å². The van der Waals surface area contributed by atoms with Crippen LogP contribution in [0.5, 0.6) is 5.75 Å². The molecule has 1 aliphatic rings. The van der Waals surface area contributed by atoms with Gasteiger partial charge >= 0.3 is 0 Å². The molecule has 0 bridgehead atoms. The van der Waals surface area contributed by atoms with Crippen molar-refractivity contribution in [3.63, 3.8) is 0 Å². The van der Waals surface area contributed by atoms with Gasteiger partial charge in [0.2, 0.25) is 0 Å². The topological polar surface area (TPSA) is 44.5 Å². The molecule has 1 aliphatic carbocycles. The smallest absolute Gasteiger partial charge is 0.138 e. The van der Waals surface area contributed by atoms with Crippen LogP contribution in [0.1, 0.15) is 37.8 Å². The minimum absolute atomic E-state index is 0.0986. The average molecular weight is 318 g/mol. The van der Waals surface area contributed by atoms with Crippen molar-refractivity contribution in [1.29, 1.82) is 0 Å². The Bertz CT molecular complexity index is 461. The Morgan fingerprint density at radius 1 is 1.30 bits per heavy atom. The van der Waals surface area contributed by atoms with E-state index < -0.39 is 0 Å². The molecule has 0 saturated heterocycles. The van der Waals surface area contributed by atoms with Crippen LogP contribution in [0.15, 0.2) is 12.1 Å². The SMILES string of the molecule is CCOC1CC(CC(N)c2cc(Cl)c(OC)cc2Cl)C1. The standard InChI is InChI=1S/C15H21Cl2NO2/c1-3-20-10-4-9(5-10)6-14(18)11-7-13(17)15(19-2)8-12(11)16/h7-10,14H,3-6,18H2,1-2H3. The summed E-state index contributed by atoms with van der Waals surface area (Å²) in [5, 5.41) is 1.16. The highest BCUT2D eigenvalue weighted by Gasteiger charge is 2.31. The molecule has 1 unspecified atom stereocenters. The van der Waals surface area contributed by atoms with Gasteiger partial charge in [-0.1, -0.05) is 23.2 Å². The maximum atomic E-state index is 6.26. The maximum Gasteiger partial charge on any atom is 0.138 e. The van der Waals surface area contributed by atoms with Crippen molar-refractivity contribution in [3.05, 3.63) is 27.7 Å². The number of benzene rings is 1. The van der Waals surface area contributed by atoms with E-state index in [-0.39, 0.29) is 6.04 Å². The van der Waals surface area contributed by atoms with Crippen molar-refractivity contribution in [2.24, 2.45) is 11.7 Å². The van der Waals surface area contributed by atoms with Gasteiger partial charge in [-0.05, 0) is 43.7 Å². The molecular formula is C15H21Cl2NO2. The molecule has 20 heavy (non-hydrogen) atoms. The molecule has 0 amide bonds. The molecule has 0 heterocycles. The molecule has 0 spiro atoms. The molecule has 2 rings (SSSR count). The number of hydrogen-bond donors (Lipinski definition) is 1. The highest BCUT2D eigenvalue weighted by molar-refractivity contribution is 6.34. The van der Waals surface area contributed by atoms with E-state index in [1.807, 2.05) is 13.0 Å². The molecule has 0 aromatic heterocycles. The van der Waals surface area contributed by atoms with Gasteiger partial charge in [0.05, 0.1) is 18.2 Å². The van der Waals surface area contributed by atoms with E-state index in [0.717, 1.165) is 31.4 Å². The first-order valence-corrected chi connectivity index (χ1v) is 7.70. The summed E-state index contributed by atoms with van der Waals surface area (Å²) >= 11 is 12.4. The predicted octanol–water partition coefficient (Wildman–Crippen LogP) is 4.21. The Morgan fingerprint density at radius 2 is 2.00 bits per heavy atom. The summed E-state index contributed by atoms with van der Waals surface area (Å²) in [6, 6.07) is 3.44. The number of rotatable bonds is 6. The number of hydrogen-bond acceptors (Lipinski definition) is 3. The van der Waals surface area contributed by atoms with Gasteiger partial charge in [0.25, 0.3) is 0 Å². The molecule has 0 aliphatic heterocycles. The largest absolute Gasteiger partial charge is 0.495 e. The van der Waals surface area contributed by atoms with Gasteiger partial charge in [0.15, 0.2) is 0 Å². The molecule has 3 nitrogen and oxygen atoms in total. The van der Waals surface area contributed by atoms with Gasteiger partial charge in [0, 0.05) is 23.7 Å². The summed E-state index contributed by atoms with van der Waals surface area (Å²) < 4.78 is 10.7. The van der Waals surface area contributed by atoms with Crippen molar-refractivity contribution in [2.75, 3.05) is 13.7 Å². The van der Waals surface area contributed by atoms with Crippen molar-refractivity contribution >= 4 is 23.2 Å². The summed E-state index contributed by atoms with van der Waals surface area (Å²) in [6.07, 6.45) is 3.49. The van der Waals surface area contributed by atoms with Crippen LogP contribution in [0.25, 0.3) is 0 Å². The molecule has 1 saturated carbocycles. The molecule has 5 heteroatoms. The Labute approximate surface area is 130 Å². The minimum atomic E-state index is -0.0986. The van der Waals surface area contributed by atoms with E-state index in [1.165, 1.54) is 0 Å². The van der Waals surface area contributed by atoms with Gasteiger partial charge in [-0.25, -0.2) is 0 Å². The van der Waals surface area contributed by atoms with Gasteiger partial charge in [-0.3, -0.25) is 0 Å². The van der Waals surface area contributed by atoms with Crippen LogP contribution in [-0.2, 0) is 4.74 Å². The van der Waals surface area contributed by atoms with Crippen LogP contribution >= 0.6 is 23.2 Å². The van der Waals surface area contributed by atoms with Crippen molar-refractivity contribution in [2.45, 2.75) is 38.3 Å². The lowest BCUT2D eigenvalue weighted by atomic mass is 9.77. The lowest BCUT2D eigenvalue weighted by Gasteiger charge is -2.36. The normalized spacial score (nSPS) is 23.2. The maximum absolute atomic E-state index is 6.26. The lowest BCUT2D eigenvalue weighted by molar-refractivity contribution is -0.0282. The van der Waals surface area contributed by atoms with Crippen LogP contribution in [0.4, 0.5) is 0 Å². The minimum Gasteiger partial charge on any atom is -0.495 e. The van der Waals surface area contributed by atoms with E-state index in [2.05, 4.69) is 0 Å². The van der Waals surface area contributed by atoms with Crippen LogP contribution in [0.3, 0.4) is 0 Å². The first-order chi connectivity index (χ1) is 9.55. The third-order valence-corrected chi connectivity index (χ3v) is 4.48. The Balaban J connectivity index is 1.96. The molecule has 1 aromatic rings. The summed E-state index contributed by atoms with van der Waals surface area (Å²) in [7, 11) is 1.57. The third kappa shape index (κ3) is 3.59. The van der Waals surface area contributed by atoms with E-state index in [9.17, 15) is 0 Å². The molecule has 0 radical (unpaired) electrons. The Morgan fingerprint density at radius 3 is 2.60 bits per heavy atom. The summed E-state index contributed by atoms with van der Waals surface area (Å²) in [6.45, 7) is 2.81. The molecule has 1 aromatic carbocycles. The van der Waals surface area contributed by atoms with Gasteiger partial charge < -0.3 is 15.2 Å². The van der Waals surface area contributed by atoms with Crippen LogP contribution in [0, 0.1) is 5.92 Å². The van der Waals surface area contributed by atoms with E-state index in [0.29, 0.717) is 27.8 Å². The highest BCUT2D eigenvalue weighted by Crippen LogP contribution is 2.39. The molecule has 2 N–H and O–H groups in total. The van der Waals surface area contributed by atoms with Gasteiger partial charge in [-0.15, -0.1) is 0 Å². The number of halogens is 2. The monoisotopic (exact) mass is 317 g/mol. The lowest BCUT2D eigenvalue weighted by Crippen LogP contribution is -2.33. The fourth-order valence-electron chi connectivity index (χ4n) is 2.71. The third-order valence-electron chi connectivity index (χ3n) is 3.85. The second-order valence-corrected chi connectivity index (χ2v) is 6.08. The van der Waals surface area contributed by atoms with Crippen molar-refractivity contribution in [3.8, 4) is 5.75 Å². The second kappa shape index (κ2) is 6.99. The first-order valence-electron chi connectivity index (χ1n) is 6.95. The molecule has 112 valence electrons. The zero-order chi connectivity index (χ0) is 14.7. The van der Waals surface area contributed by atoms with Gasteiger partial charge in [0.1, 0.15) is 5.75 Å². The number of ether oxygens (including phenoxy) is 2. The fraction of sp³-hybridized carbons (Fsp3) is 0.600. The summed E-state index contributed by atoms with van der Waals surface area (Å²) in [4.78, 5) is 0. The molecule has 1 fully saturated rings. The van der Waals surface area contributed by atoms with Crippen molar-refractivity contribution < 1.29 is 9.47 Å². The molecular weight excluding hydrogens is 297 g/mol. The van der Waals surface area contributed by atoms with Crippen LogP contribution < -0.4 is 10.5 Å². The Hall–Kier alpha value is -0.480. The predicted molar refractivity (Wildman–Crippen MR) is 82.7 cm³/mol. The highest BCUT2D eigenvalue weighted by atomic mass is 35.5. The fourth-order valence-corrected chi connectivity index (χ4v) is 3.25. The second-order valence-electron chi connectivity index (χ2n) is 5.27. The van der Waals surface area contributed by atoms with E-state index in [1.54, 1.807) is 13.2 Å². The number of methoxy groups -OCH3 is 1. The van der Waals surface area contributed by atoms with E-state index in [4.69, 9.17) is 38.4 Å². The Kier molecular flexibility index (Phi) is 5.56.